The van der Waals surface area contributed by atoms with Crippen molar-refractivity contribution >= 4 is 49.5 Å². The molecule has 2 unspecified atom stereocenters. The van der Waals surface area contributed by atoms with Crippen LogP contribution in [0.3, 0.4) is 0 Å². The van der Waals surface area contributed by atoms with Crippen LogP contribution in [0, 0.1) is 11.8 Å². The number of hydrogen-bond donors (Lipinski definition) is 7. The molecule has 0 aromatic rings. The highest BCUT2D eigenvalue weighted by Gasteiger charge is 2.54. The number of amides is 2. The third-order valence-electron chi connectivity index (χ3n) is 28.2. The molecule has 0 saturated carbocycles. The minimum Gasteiger partial charge on any atom is -0.462 e. The van der Waals surface area contributed by atoms with Crippen LogP contribution in [0.5, 0.6) is 0 Å². The second-order valence-corrected chi connectivity index (χ2v) is 43.8. The standard InChI is InChI=1S/C114H215N2O22P/c1-10-15-20-25-30-35-37-38-40-49-60-69-78-87-105(123)136-111-107(115-100(118)88-95(81-72-63-54-43-32-27-22-17-12-3)131-102(120)84-75-66-58-50-41-46-52-61-70-79-93(6)7)113(126)134-99(109(111)125)92-130-114-108(116-101(119)89-96(82-73-64-55-44-33-28-23-18-13-4)132-103(121)85-76-67-59-51-42-47-53-62-71-80-94(8)9)112(110(98(91-117)135-114)138-139(127,128)129)137-106(124)90-97(83-74-65-56-45-34-29-24-19-14-5)133-104(122)86-77-68-57-48-39-36-31-26-21-16-11-2/h93-99,107-114,117,125-126H,10-92H2,1-9H3,(H,115,118)(H,116,119)(H2,127,128,129)/t95-,96-,97-,98-,99?,107-,108-,109-,110-,111-,112-,113?,114-/m1/s1. The van der Waals surface area contributed by atoms with Gasteiger partial charge in [0.05, 0.1) is 32.5 Å². The van der Waals surface area contributed by atoms with E-state index in [1.165, 1.54) is 193 Å². The van der Waals surface area contributed by atoms with Gasteiger partial charge in [0, 0.05) is 25.7 Å². The fourth-order valence-electron chi connectivity index (χ4n) is 19.6. The summed E-state index contributed by atoms with van der Waals surface area (Å²) in [6, 6.07) is -3.41. The van der Waals surface area contributed by atoms with Crippen LogP contribution in [0.4, 0.5) is 0 Å². The van der Waals surface area contributed by atoms with Crippen molar-refractivity contribution in [3.05, 3.63) is 0 Å². The molecular weight excluding hydrogens is 1780 g/mol. The van der Waals surface area contributed by atoms with E-state index in [2.05, 4.69) is 72.9 Å². The van der Waals surface area contributed by atoms with Crippen molar-refractivity contribution < 1.29 is 106 Å². The summed E-state index contributed by atoms with van der Waals surface area (Å²) in [5.74, 6) is -3.16. The largest absolute Gasteiger partial charge is 0.470 e. The first-order valence-corrected chi connectivity index (χ1v) is 60.1. The molecule has 2 amide bonds. The van der Waals surface area contributed by atoms with E-state index in [0.717, 1.165) is 224 Å². The van der Waals surface area contributed by atoms with E-state index >= 15 is 9.59 Å². The van der Waals surface area contributed by atoms with Gasteiger partial charge < -0.3 is 73.6 Å². The van der Waals surface area contributed by atoms with Gasteiger partial charge in [-0.05, 0) is 76.0 Å². The molecule has 7 N–H and O–H groups in total. The Morgan fingerprint density at radius 3 is 0.849 bits per heavy atom. The molecule has 0 aromatic heterocycles. The number of phosphoric ester groups is 1. The lowest BCUT2D eigenvalue weighted by Crippen LogP contribution is -2.68. The van der Waals surface area contributed by atoms with Crippen LogP contribution >= 0.6 is 7.82 Å². The summed E-state index contributed by atoms with van der Waals surface area (Å²) >= 11 is 0. The van der Waals surface area contributed by atoms with E-state index in [0.29, 0.717) is 63.7 Å². The molecule has 0 aromatic carbocycles. The molecule has 818 valence electrons. The normalized spacial score (nSPS) is 19.1. The Hall–Kier alpha value is -3.84. The van der Waals surface area contributed by atoms with Crippen LogP contribution in [0.1, 0.15) is 582 Å². The molecule has 2 saturated heterocycles. The maximum Gasteiger partial charge on any atom is 0.470 e. The van der Waals surface area contributed by atoms with Gasteiger partial charge in [0.2, 0.25) is 11.8 Å². The molecular formula is C114H215N2O22P. The van der Waals surface area contributed by atoms with Crippen LogP contribution < -0.4 is 10.6 Å². The smallest absolute Gasteiger partial charge is 0.462 e. The van der Waals surface area contributed by atoms with Crippen LogP contribution in [-0.2, 0) is 80.5 Å². The lowest BCUT2D eigenvalue weighted by atomic mass is 9.95. The van der Waals surface area contributed by atoms with Crippen molar-refractivity contribution in [1.82, 2.24) is 10.6 Å². The van der Waals surface area contributed by atoms with Crippen LogP contribution in [-0.4, -0.2) is 160 Å². The molecule has 0 spiro atoms. The zero-order chi connectivity index (χ0) is 102. The minimum absolute atomic E-state index is 0.0625. The van der Waals surface area contributed by atoms with Crippen molar-refractivity contribution in [1.29, 1.82) is 0 Å². The van der Waals surface area contributed by atoms with Crippen molar-refractivity contribution in [2.45, 2.75) is 662 Å². The van der Waals surface area contributed by atoms with Gasteiger partial charge >= 0.3 is 37.7 Å². The van der Waals surface area contributed by atoms with Crippen LogP contribution in [0.2, 0.25) is 0 Å². The van der Waals surface area contributed by atoms with E-state index in [9.17, 15) is 53.6 Å². The molecule has 2 heterocycles. The molecule has 2 fully saturated rings. The first-order valence-electron chi connectivity index (χ1n) is 58.6. The van der Waals surface area contributed by atoms with Gasteiger partial charge in [-0.1, -0.05) is 473 Å². The summed E-state index contributed by atoms with van der Waals surface area (Å²) in [5.41, 5.74) is 0. The minimum atomic E-state index is -5.63. The molecule has 2 aliphatic heterocycles. The lowest BCUT2D eigenvalue weighted by molar-refractivity contribution is -0.298. The third kappa shape index (κ3) is 74.7. The van der Waals surface area contributed by atoms with Crippen molar-refractivity contribution in [2.24, 2.45) is 11.8 Å². The van der Waals surface area contributed by atoms with Gasteiger partial charge in [0.1, 0.15) is 54.8 Å². The number of aliphatic hydroxyl groups excluding tert-OH is 3. The predicted molar refractivity (Wildman–Crippen MR) is 561 cm³/mol. The number of aliphatic hydroxyl groups is 3. The van der Waals surface area contributed by atoms with Crippen molar-refractivity contribution in [2.75, 3.05) is 13.2 Å². The molecule has 2 aliphatic rings. The van der Waals surface area contributed by atoms with Gasteiger partial charge in [-0.2, -0.15) is 0 Å². The Kier molecular flexibility index (Phi) is 85.4. The topological polar surface area (TPSA) is 345 Å². The Balaban J connectivity index is 2.81. The third-order valence-corrected chi connectivity index (χ3v) is 28.7. The molecule has 139 heavy (non-hydrogen) atoms. The molecule has 2 rings (SSSR count). The Bertz CT molecular complexity index is 2960. The highest BCUT2D eigenvalue weighted by Crippen LogP contribution is 2.43. The number of rotatable bonds is 99. The summed E-state index contributed by atoms with van der Waals surface area (Å²) < 4.78 is 69.1. The average Bonchev–Trinajstić information content (AvgIpc) is 0.777. The first kappa shape index (κ1) is 131. The van der Waals surface area contributed by atoms with E-state index in [4.69, 9.17) is 42.4 Å². The Morgan fingerprint density at radius 2 is 0.561 bits per heavy atom. The predicted octanol–water partition coefficient (Wildman–Crippen LogP) is 28.8. The molecule has 0 radical (unpaired) electrons. The zero-order valence-electron chi connectivity index (χ0n) is 90.5. The van der Waals surface area contributed by atoms with E-state index in [-0.39, 0.29) is 38.5 Å². The summed E-state index contributed by atoms with van der Waals surface area (Å²) in [6.07, 6.45) is 57.4. The fourth-order valence-corrected chi connectivity index (χ4v) is 20.1. The second-order valence-electron chi connectivity index (χ2n) is 42.6. The number of phosphoric acid groups is 1. The summed E-state index contributed by atoms with van der Waals surface area (Å²) in [7, 11) is -5.63. The van der Waals surface area contributed by atoms with Crippen LogP contribution in [0.15, 0.2) is 0 Å². The van der Waals surface area contributed by atoms with Crippen molar-refractivity contribution in [3.8, 4) is 0 Å². The number of hydrogen-bond acceptors (Lipinski definition) is 20. The monoisotopic (exact) mass is 2000 g/mol. The summed E-state index contributed by atoms with van der Waals surface area (Å²) in [4.78, 5) is 123. The quantitative estimate of drug-likeness (QED) is 0.0129. The van der Waals surface area contributed by atoms with Gasteiger partial charge in [0.15, 0.2) is 24.8 Å². The molecule has 0 aliphatic carbocycles. The van der Waals surface area contributed by atoms with E-state index < -0.39 is 155 Å². The number of nitrogens with one attached hydrogen (secondary N) is 2. The number of unbranched alkanes of at least 4 members (excludes halogenated alkanes) is 62. The Labute approximate surface area is 848 Å². The maximum atomic E-state index is 15.3. The molecule has 13 atom stereocenters. The van der Waals surface area contributed by atoms with E-state index in [1.807, 2.05) is 0 Å². The Morgan fingerprint density at radius 1 is 0.302 bits per heavy atom. The molecule has 25 heteroatoms. The fraction of sp³-hybridized carbons (Fsp3) is 0.939. The SMILES string of the molecule is CCCCCCCCCCCCCCCC(=O)O[C@H]1[C@H](O)C(CO[C@@H]2O[C@H](CO)[C@@H](OP(=O)(O)O)[C@H](OC(=O)C[C@@H](CCCCCCCCCCC)OC(=O)CCCCCCCCCCCCC)[C@H]2NC(=O)C[C@@H](CCCCCCCCCCC)OC(=O)CCCCCCCCCCCC(C)C)OC(O)[C@@H]1NC(=O)C[C@@H](CCCCCCCCCCC)OC(=O)CCCCCCCCCCCC(C)C. The average molecular weight is 2000 g/mol. The van der Waals surface area contributed by atoms with Gasteiger partial charge in [-0.25, -0.2) is 4.57 Å². The lowest BCUT2D eigenvalue weighted by Gasteiger charge is -2.46. The van der Waals surface area contributed by atoms with Gasteiger partial charge in [-0.15, -0.1) is 0 Å². The van der Waals surface area contributed by atoms with Gasteiger partial charge in [0.25, 0.3) is 0 Å². The van der Waals surface area contributed by atoms with E-state index in [1.54, 1.807) is 0 Å². The number of carbonyl (C=O) groups excluding carboxylic acids is 7. The first-order chi connectivity index (χ1) is 67.4. The maximum absolute atomic E-state index is 15.3. The number of carbonyl (C=O) groups is 7. The summed E-state index contributed by atoms with van der Waals surface area (Å²) in [5, 5.41) is 42.1. The summed E-state index contributed by atoms with van der Waals surface area (Å²) in [6.45, 7) is 18.2. The zero-order valence-corrected chi connectivity index (χ0v) is 91.4. The van der Waals surface area contributed by atoms with Gasteiger partial charge in [-0.3, -0.25) is 38.1 Å². The highest BCUT2D eigenvalue weighted by molar-refractivity contribution is 7.46. The second kappa shape index (κ2) is 90.5. The van der Waals surface area contributed by atoms with Crippen molar-refractivity contribution in [3.63, 3.8) is 0 Å². The molecule has 0 bridgehead atoms. The number of ether oxygens (including phenoxy) is 8. The number of esters is 5. The highest BCUT2D eigenvalue weighted by atomic mass is 31.2. The van der Waals surface area contributed by atoms with Crippen LogP contribution in [0.25, 0.3) is 0 Å². The molecule has 24 nitrogen and oxygen atoms in total.